The second-order valence-corrected chi connectivity index (χ2v) is 2.04. The van der Waals surface area contributed by atoms with Gasteiger partial charge in [0.15, 0.2) is 0 Å². The van der Waals surface area contributed by atoms with Crippen molar-refractivity contribution < 1.29 is 9.53 Å². The van der Waals surface area contributed by atoms with Crippen LogP contribution in [0, 0.1) is 6.92 Å². The third-order valence-corrected chi connectivity index (χ3v) is 1.10. The van der Waals surface area contributed by atoms with Crippen molar-refractivity contribution >= 4 is 6.09 Å². The second-order valence-electron chi connectivity index (χ2n) is 2.04. The number of hydrogen-bond donors (Lipinski definition) is 0. The Morgan fingerprint density at radius 1 is 1.70 bits per heavy atom. The molecule has 0 spiro atoms. The first-order valence-corrected chi connectivity index (χ1v) is 3.39. The van der Waals surface area contributed by atoms with Crippen LogP contribution in [0.4, 0.5) is 4.79 Å². The normalized spacial score (nSPS) is 9.10. The van der Waals surface area contributed by atoms with Crippen LogP contribution in [0.2, 0.25) is 0 Å². The fraction of sp³-hybridized carbons (Fsp3) is 0.714. The van der Waals surface area contributed by atoms with Crippen LogP contribution in [0.3, 0.4) is 0 Å². The molecule has 0 saturated heterocycles. The molecule has 59 valence electrons. The van der Waals surface area contributed by atoms with Crippen LogP contribution in [0.5, 0.6) is 0 Å². The van der Waals surface area contributed by atoms with E-state index in [1.54, 1.807) is 7.05 Å². The van der Waals surface area contributed by atoms with Crippen molar-refractivity contribution in [3.8, 4) is 0 Å². The number of hydrogen-bond acceptors (Lipinski definition) is 2. The maximum absolute atomic E-state index is 10.8. The van der Waals surface area contributed by atoms with Gasteiger partial charge >= 0.3 is 6.09 Å². The van der Waals surface area contributed by atoms with E-state index >= 15 is 0 Å². The molecule has 0 aliphatic heterocycles. The molecule has 0 unspecified atom stereocenters. The molecule has 0 aromatic rings. The minimum atomic E-state index is -0.295. The third-order valence-electron chi connectivity index (χ3n) is 1.10. The van der Waals surface area contributed by atoms with Crippen LogP contribution in [0.1, 0.15) is 13.3 Å². The zero-order chi connectivity index (χ0) is 7.98. The van der Waals surface area contributed by atoms with E-state index in [-0.39, 0.29) is 12.7 Å². The van der Waals surface area contributed by atoms with Gasteiger partial charge in [-0.2, -0.15) is 0 Å². The monoisotopic (exact) mass is 144 g/mol. The zero-order valence-electron chi connectivity index (χ0n) is 6.59. The number of ether oxygens (including phenoxy) is 1. The molecule has 0 fully saturated rings. The summed E-state index contributed by atoms with van der Waals surface area (Å²) in [6.45, 7) is 6.34. The summed E-state index contributed by atoms with van der Waals surface area (Å²) in [6, 6.07) is 0. The Morgan fingerprint density at radius 3 is 2.70 bits per heavy atom. The van der Waals surface area contributed by atoms with Gasteiger partial charge in [-0.3, -0.25) is 0 Å². The number of carbonyl (C=O) groups excluding carboxylic acids is 1. The van der Waals surface area contributed by atoms with Gasteiger partial charge in [0, 0.05) is 13.6 Å². The molecular weight excluding hydrogens is 130 g/mol. The van der Waals surface area contributed by atoms with Crippen LogP contribution in [-0.2, 0) is 4.74 Å². The van der Waals surface area contributed by atoms with Crippen molar-refractivity contribution in [1.82, 2.24) is 4.90 Å². The van der Waals surface area contributed by atoms with Gasteiger partial charge in [-0.15, -0.1) is 0 Å². The van der Waals surface area contributed by atoms with Crippen LogP contribution in [-0.4, -0.2) is 31.2 Å². The van der Waals surface area contributed by atoms with E-state index in [0.29, 0.717) is 0 Å². The molecule has 0 atom stereocenters. The maximum Gasteiger partial charge on any atom is 0.409 e. The molecule has 3 heteroatoms. The predicted octanol–water partition coefficient (Wildman–Crippen LogP) is 1.30. The van der Waals surface area contributed by atoms with Gasteiger partial charge in [-0.1, -0.05) is 6.92 Å². The standard InChI is InChI=1S/C7H14NO2/c1-4-6-8(3)7(9)10-5-2/h2,4-6H2,1,3H3. The first-order chi connectivity index (χ1) is 4.72. The number of carbonyl (C=O) groups is 1. The summed E-state index contributed by atoms with van der Waals surface area (Å²) in [7, 11) is 1.71. The number of nitrogens with zero attached hydrogens (tertiary/aromatic N) is 1. The summed E-state index contributed by atoms with van der Waals surface area (Å²) in [5.41, 5.74) is 0. The Labute approximate surface area is 62.0 Å². The van der Waals surface area contributed by atoms with Gasteiger partial charge in [0.2, 0.25) is 0 Å². The molecule has 0 saturated carbocycles. The minimum Gasteiger partial charge on any atom is -0.449 e. The Balaban J connectivity index is 3.49. The Bertz CT molecular complexity index is 104. The Hall–Kier alpha value is -0.730. The third kappa shape index (κ3) is 3.33. The quantitative estimate of drug-likeness (QED) is 0.597. The molecule has 1 radical (unpaired) electrons. The number of rotatable bonds is 3. The molecule has 10 heavy (non-hydrogen) atoms. The van der Waals surface area contributed by atoms with Crippen molar-refractivity contribution in [1.29, 1.82) is 0 Å². The zero-order valence-corrected chi connectivity index (χ0v) is 6.59. The van der Waals surface area contributed by atoms with E-state index in [9.17, 15) is 4.79 Å². The fourth-order valence-electron chi connectivity index (χ4n) is 0.624. The first-order valence-electron chi connectivity index (χ1n) is 3.39. The highest BCUT2D eigenvalue weighted by Gasteiger charge is 2.05. The molecule has 0 N–H and O–H groups in total. The summed E-state index contributed by atoms with van der Waals surface area (Å²) in [5, 5.41) is 0. The van der Waals surface area contributed by atoms with E-state index in [4.69, 9.17) is 0 Å². The SMILES string of the molecule is [CH2]COC(=O)N(C)CCC. The average molecular weight is 144 g/mol. The molecular formula is C7H14NO2. The highest BCUT2D eigenvalue weighted by atomic mass is 16.5. The summed E-state index contributed by atoms with van der Waals surface area (Å²) < 4.78 is 4.63. The highest BCUT2D eigenvalue weighted by molar-refractivity contribution is 5.67. The smallest absolute Gasteiger partial charge is 0.409 e. The Kier molecular flexibility index (Phi) is 4.72. The number of amides is 1. The highest BCUT2D eigenvalue weighted by Crippen LogP contribution is 1.90. The average Bonchev–Trinajstić information content (AvgIpc) is 1.89. The summed E-state index contributed by atoms with van der Waals surface area (Å²) in [6.07, 6.45) is 0.653. The Morgan fingerprint density at radius 2 is 2.30 bits per heavy atom. The lowest BCUT2D eigenvalue weighted by Gasteiger charge is -2.14. The van der Waals surface area contributed by atoms with Gasteiger partial charge in [0.05, 0.1) is 6.61 Å². The first kappa shape index (κ1) is 9.27. The van der Waals surface area contributed by atoms with Crippen molar-refractivity contribution in [3.63, 3.8) is 0 Å². The van der Waals surface area contributed by atoms with Crippen LogP contribution in [0.15, 0.2) is 0 Å². The van der Waals surface area contributed by atoms with Gasteiger partial charge in [0.25, 0.3) is 0 Å². The molecule has 0 rings (SSSR count). The lowest BCUT2D eigenvalue weighted by atomic mass is 10.5. The van der Waals surface area contributed by atoms with Crippen molar-refractivity contribution in [2.75, 3.05) is 20.2 Å². The van der Waals surface area contributed by atoms with Gasteiger partial charge in [0.1, 0.15) is 0 Å². The van der Waals surface area contributed by atoms with Crippen LogP contribution >= 0.6 is 0 Å². The molecule has 0 aromatic heterocycles. The van der Waals surface area contributed by atoms with E-state index in [1.807, 2.05) is 6.92 Å². The lowest BCUT2D eigenvalue weighted by molar-refractivity contribution is 0.121. The van der Waals surface area contributed by atoms with E-state index in [2.05, 4.69) is 11.7 Å². The van der Waals surface area contributed by atoms with Crippen molar-refractivity contribution in [2.24, 2.45) is 0 Å². The van der Waals surface area contributed by atoms with Crippen molar-refractivity contribution in [3.05, 3.63) is 6.92 Å². The molecule has 0 aliphatic rings. The fourth-order valence-corrected chi connectivity index (χ4v) is 0.624. The minimum absolute atomic E-state index is 0.201. The molecule has 0 aliphatic carbocycles. The molecule has 0 bridgehead atoms. The molecule has 0 heterocycles. The lowest BCUT2D eigenvalue weighted by Crippen LogP contribution is -2.27. The van der Waals surface area contributed by atoms with Crippen molar-refractivity contribution in [2.45, 2.75) is 13.3 Å². The topological polar surface area (TPSA) is 29.5 Å². The van der Waals surface area contributed by atoms with Crippen LogP contribution in [0.25, 0.3) is 0 Å². The summed E-state index contributed by atoms with van der Waals surface area (Å²) in [4.78, 5) is 12.3. The molecule has 0 aromatic carbocycles. The predicted molar refractivity (Wildman–Crippen MR) is 39.6 cm³/mol. The van der Waals surface area contributed by atoms with Gasteiger partial charge in [-0.25, -0.2) is 4.79 Å². The molecule has 3 nitrogen and oxygen atoms in total. The largest absolute Gasteiger partial charge is 0.449 e. The van der Waals surface area contributed by atoms with E-state index in [0.717, 1.165) is 13.0 Å². The van der Waals surface area contributed by atoms with E-state index in [1.165, 1.54) is 4.90 Å². The van der Waals surface area contributed by atoms with E-state index < -0.39 is 0 Å². The van der Waals surface area contributed by atoms with Gasteiger partial charge < -0.3 is 9.64 Å². The second kappa shape index (κ2) is 5.09. The molecule has 1 amide bonds. The summed E-state index contributed by atoms with van der Waals surface area (Å²) in [5.74, 6) is 0. The van der Waals surface area contributed by atoms with Crippen LogP contribution < -0.4 is 0 Å². The maximum atomic E-state index is 10.8. The summed E-state index contributed by atoms with van der Waals surface area (Å²) >= 11 is 0. The van der Waals surface area contributed by atoms with Gasteiger partial charge in [-0.05, 0) is 13.3 Å².